The summed E-state index contributed by atoms with van der Waals surface area (Å²) in [6.07, 6.45) is 0.251. The Bertz CT molecular complexity index is 1310. The normalized spacial score (nSPS) is 27.5. The zero-order valence-corrected chi connectivity index (χ0v) is 20.4. The summed E-state index contributed by atoms with van der Waals surface area (Å²) in [5, 5.41) is 54.5. The SMILES string of the molecule is B=C1C(C(N)=O)=C(O)[C@@H](N(C)C)[C@@H]2C[C@@H]3Cc4c(N(C)C)cc(C(=O)O)c(O)c4C(=O)C3=C(O)[C@]12O. The molecule has 1 aromatic rings. The van der Waals surface area contributed by atoms with Gasteiger partial charge in [0.25, 0.3) is 0 Å². The van der Waals surface area contributed by atoms with Crippen molar-refractivity contribution >= 4 is 36.3 Å². The van der Waals surface area contributed by atoms with E-state index in [0.717, 1.165) is 0 Å². The number of primary amides is 1. The van der Waals surface area contributed by atoms with Gasteiger partial charge in [-0.1, -0.05) is 0 Å². The number of fused-ring (bicyclic) bond motifs is 3. The number of amides is 1. The number of nitrogens with two attached hydrogens (primary N) is 1. The van der Waals surface area contributed by atoms with E-state index in [1.165, 1.54) is 6.07 Å². The molecule has 0 aliphatic heterocycles. The summed E-state index contributed by atoms with van der Waals surface area (Å²) < 4.78 is 0. The van der Waals surface area contributed by atoms with Crippen molar-refractivity contribution in [2.24, 2.45) is 17.6 Å². The van der Waals surface area contributed by atoms with E-state index in [2.05, 4.69) is 7.49 Å². The van der Waals surface area contributed by atoms with Crippen LogP contribution in [0, 0.1) is 11.8 Å². The van der Waals surface area contributed by atoms with Gasteiger partial charge in [0, 0.05) is 0 Å². The molecule has 36 heavy (non-hydrogen) atoms. The van der Waals surface area contributed by atoms with Crippen LogP contribution in [0.5, 0.6) is 5.75 Å². The third-order valence-corrected chi connectivity index (χ3v) is 7.60. The predicted octanol–water partition coefficient (Wildman–Crippen LogP) is -0.611. The van der Waals surface area contributed by atoms with Crippen molar-refractivity contribution in [3.8, 4) is 5.75 Å². The molecule has 7 N–H and O–H groups in total. The fourth-order valence-corrected chi connectivity index (χ4v) is 6.03. The molecule has 0 bridgehead atoms. The number of hydrogen-bond acceptors (Lipinski definition) is 9. The van der Waals surface area contributed by atoms with Crippen LogP contribution in [0.1, 0.15) is 32.7 Å². The summed E-state index contributed by atoms with van der Waals surface area (Å²) in [6.45, 7) is 0. The van der Waals surface area contributed by atoms with Gasteiger partial charge in [-0.25, -0.2) is 0 Å². The van der Waals surface area contributed by atoms with Gasteiger partial charge in [0.1, 0.15) is 0 Å². The van der Waals surface area contributed by atoms with Crippen molar-refractivity contribution in [3.63, 3.8) is 0 Å². The van der Waals surface area contributed by atoms with Gasteiger partial charge in [-0.3, -0.25) is 0 Å². The van der Waals surface area contributed by atoms with E-state index in [-0.39, 0.29) is 35.2 Å². The molecule has 11 nitrogen and oxygen atoms in total. The van der Waals surface area contributed by atoms with Gasteiger partial charge in [-0.15, -0.1) is 0 Å². The number of aliphatic hydroxyl groups is 3. The summed E-state index contributed by atoms with van der Waals surface area (Å²) in [7, 11) is 10.3. The number of likely N-dealkylation sites (N-methyl/N-ethyl adjacent to an activating group) is 1. The first-order valence-electron chi connectivity index (χ1n) is 11.2. The van der Waals surface area contributed by atoms with Crippen LogP contribution in [0.25, 0.3) is 0 Å². The molecular weight excluding hydrogens is 469 g/mol. The van der Waals surface area contributed by atoms with Crippen molar-refractivity contribution in [1.82, 2.24) is 4.90 Å². The van der Waals surface area contributed by atoms with Gasteiger partial charge in [0.15, 0.2) is 0 Å². The van der Waals surface area contributed by atoms with Crippen molar-refractivity contribution in [1.29, 1.82) is 0 Å². The second-order valence-corrected chi connectivity index (χ2v) is 9.96. The number of carboxylic acid groups (broad SMARTS) is 1. The van der Waals surface area contributed by atoms with Gasteiger partial charge in [-0.2, -0.15) is 0 Å². The third-order valence-electron chi connectivity index (χ3n) is 7.60. The minimum absolute atomic E-state index is 0.105. The number of Topliss-reactive ketones (excluding diaryl/α,β-unsaturated/α-hetero) is 1. The Balaban J connectivity index is 2.01. The number of rotatable bonds is 4. The monoisotopic (exact) mass is 497 g/mol. The molecule has 4 rings (SSSR count). The number of phenols is 1. The molecule has 3 aliphatic rings. The zero-order chi connectivity index (χ0) is 27.0. The second kappa shape index (κ2) is 8.21. The number of carbonyl (C=O) groups is 3. The molecule has 4 atom stereocenters. The molecule has 0 heterocycles. The number of ketones is 1. The fourth-order valence-electron chi connectivity index (χ4n) is 6.03. The molecule has 0 radical (unpaired) electrons. The van der Waals surface area contributed by atoms with E-state index in [1.54, 1.807) is 38.0 Å². The van der Waals surface area contributed by atoms with Crippen LogP contribution in [0.3, 0.4) is 0 Å². The van der Waals surface area contributed by atoms with Crippen molar-refractivity contribution < 1.29 is 39.9 Å². The number of anilines is 1. The van der Waals surface area contributed by atoms with Crippen LogP contribution in [-0.4, -0.2) is 101 Å². The predicted molar refractivity (Wildman–Crippen MR) is 132 cm³/mol. The minimum atomic E-state index is -2.31. The van der Waals surface area contributed by atoms with Crippen LogP contribution in [0.2, 0.25) is 0 Å². The molecule has 0 fully saturated rings. The summed E-state index contributed by atoms with van der Waals surface area (Å²) in [4.78, 5) is 40.9. The van der Waals surface area contributed by atoms with Crippen LogP contribution in [0.4, 0.5) is 5.69 Å². The quantitative estimate of drug-likeness (QED) is 0.293. The van der Waals surface area contributed by atoms with Crippen molar-refractivity contribution in [2.75, 3.05) is 33.1 Å². The van der Waals surface area contributed by atoms with Gasteiger partial charge >= 0.3 is 207 Å². The number of carbonyl (C=O) groups excluding carboxylic acids is 2. The van der Waals surface area contributed by atoms with E-state index in [0.29, 0.717) is 11.3 Å². The molecule has 1 aromatic carbocycles. The Morgan fingerprint density at radius 1 is 1.17 bits per heavy atom. The Hall–Kier alpha value is -3.64. The maximum absolute atomic E-state index is 13.8. The average molecular weight is 497 g/mol. The van der Waals surface area contributed by atoms with Crippen LogP contribution < -0.4 is 10.6 Å². The van der Waals surface area contributed by atoms with E-state index in [9.17, 15) is 39.9 Å². The number of aliphatic hydroxyl groups excluding tert-OH is 2. The van der Waals surface area contributed by atoms with Gasteiger partial charge in [0.2, 0.25) is 0 Å². The first kappa shape index (κ1) is 25.5. The van der Waals surface area contributed by atoms with E-state index in [4.69, 9.17) is 5.73 Å². The van der Waals surface area contributed by atoms with Crippen LogP contribution in [0.15, 0.2) is 28.7 Å². The Morgan fingerprint density at radius 2 is 1.78 bits per heavy atom. The Labute approximate surface area is 207 Å². The van der Waals surface area contributed by atoms with Crippen molar-refractivity contribution in [2.45, 2.75) is 24.5 Å². The molecular formula is C24H28BN3O8. The number of aromatic hydroxyl groups is 1. The molecule has 3 aliphatic carbocycles. The van der Waals surface area contributed by atoms with Crippen LogP contribution in [-0.2, 0) is 11.2 Å². The number of aromatic carboxylic acids is 1. The first-order valence-corrected chi connectivity index (χ1v) is 11.2. The molecule has 0 unspecified atom stereocenters. The van der Waals surface area contributed by atoms with Gasteiger partial charge in [-0.05, 0) is 0 Å². The number of nitrogens with zero attached hydrogens (tertiary/aromatic N) is 2. The molecule has 1 amide bonds. The molecule has 12 heteroatoms. The topological polar surface area (TPSA) is 185 Å². The van der Waals surface area contributed by atoms with Crippen molar-refractivity contribution in [3.05, 3.63) is 45.4 Å². The summed E-state index contributed by atoms with van der Waals surface area (Å²) in [6, 6.07) is 0.357. The first-order chi connectivity index (χ1) is 16.7. The van der Waals surface area contributed by atoms with E-state index in [1.807, 2.05) is 0 Å². The standard InChI is InChI=1S/C24H28BN3O8/c1-27(2)12-7-10(23(34)35)17(29)14-9(12)5-8-6-11-16(28(3)4)19(31)15(22(26)33)20(25)24(11,36)21(32)13(8)18(14)30/h7-8,11,16,25,29,31-32,36H,5-6H2,1-4H3,(H2,26,33)(H,34,35)/t8-,11-,16-,24+/m0/s1. The van der Waals surface area contributed by atoms with Gasteiger partial charge < -0.3 is 0 Å². The average Bonchev–Trinajstić information content (AvgIpc) is 2.75. The summed E-state index contributed by atoms with van der Waals surface area (Å²) in [5.74, 6) is -6.74. The molecule has 0 saturated heterocycles. The van der Waals surface area contributed by atoms with E-state index >= 15 is 0 Å². The molecule has 0 spiro atoms. The van der Waals surface area contributed by atoms with E-state index < -0.39 is 63.8 Å². The summed E-state index contributed by atoms with van der Waals surface area (Å²) >= 11 is 0. The number of hydrogen-bond donors (Lipinski definition) is 6. The molecule has 0 aromatic heterocycles. The number of benzene rings is 1. The maximum atomic E-state index is 13.8. The molecule has 190 valence electrons. The zero-order valence-electron chi connectivity index (χ0n) is 20.4. The third kappa shape index (κ3) is 3.21. The number of carboxylic acids is 1. The number of allylic oxidation sites excluding steroid dienone is 1. The summed E-state index contributed by atoms with van der Waals surface area (Å²) in [5.41, 5.74) is 2.26. The Kier molecular flexibility index (Phi) is 5.80. The second-order valence-electron chi connectivity index (χ2n) is 9.96. The van der Waals surface area contributed by atoms with Crippen LogP contribution >= 0.6 is 0 Å². The molecule has 0 saturated carbocycles. The Morgan fingerprint density at radius 3 is 2.28 bits per heavy atom. The van der Waals surface area contributed by atoms with Gasteiger partial charge in [0.05, 0.1) is 0 Å². The fraction of sp³-hybridized carbons (Fsp3) is 0.417.